The van der Waals surface area contributed by atoms with Gasteiger partial charge in [0.2, 0.25) is 0 Å². The number of nitrogens with two attached hydrogens (primary N) is 1. The Morgan fingerprint density at radius 3 is 2.59 bits per heavy atom. The van der Waals surface area contributed by atoms with E-state index in [0.717, 1.165) is 27.1 Å². The number of aromatic nitrogens is 2. The van der Waals surface area contributed by atoms with Crippen LogP contribution in [0.4, 0.5) is 0 Å². The van der Waals surface area contributed by atoms with E-state index in [0.29, 0.717) is 4.99 Å². The molecule has 0 fully saturated rings. The van der Waals surface area contributed by atoms with Crippen LogP contribution in [0.25, 0.3) is 5.69 Å². The van der Waals surface area contributed by atoms with Crippen LogP contribution in [0, 0.1) is 13.8 Å². The molecule has 88 valence electrons. The number of halogens is 1. The maximum absolute atomic E-state index is 5.75. The normalized spacial score (nSPS) is 10.5. The molecule has 0 aliphatic carbocycles. The molecule has 0 saturated carbocycles. The summed E-state index contributed by atoms with van der Waals surface area (Å²) in [6, 6.07) is 7.84. The van der Waals surface area contributed by atoms with Crippen molar-refractivity contribution in [2.24, 2.45) is 5.73 Å². The summed E-state index contributed by atoms with van der Waals surface area (Å²) in [4.78, 5) is 0.369. The van der Waals surface area contributed by atoms with Crippen molar-refractivity contribution in [3.05, 3.63) is 45.7 Å². The Morgan fingerprint density at radius 2 is 2.06 bits per heavy atom. The largest absolute Gasteiger partial charge is 0.389 e. The molecule has 1 aromatic carbocycles. The van der Waals surface area contributed by atoms with Crippen LogP contribution in [-0.4, -0.2) is 14.8 Å². The van der Waals surface area contributed by atoms with Gasteiger partial charge in [-0.15, -0.1) is 0 Å². The fourth-order valence-corrected chi connectivity index (χ4v) is 2.29. The lowest BCUT2D eigenvalue weighted by Gasteiger charge is -2.10. The molecule has 0 aliphatic rings. The highest BCUT2D eigenvalue weighted by Gasteiger charge is 2.11. The third kappa shape index (κ3) is 2.40. The van der Waals surface area contributed by atoms with Crippen LogP contribution in [0.15, 0.2) is 28.7 Å². The second-order valence-electron chi connectivity index (χ2n) is 3.86. The van der Waals surface area contributed by atoms with E-state index in [1.54, 1.807) is 0 Å². The van der Waals surface area contributed by atoms with Crippen molar-refractivity contribution in [1.29, 1.82) is 0 Å². The summed E-state index contributed by atoms with van der Waals surface area (Å²) in [5.41, 5.74) is 9.51. The summed E-state index contributed by atoms with van der Waals surface area (Å²) in [5, 5.41) is 4.44. The van der Waals surface area contributed by atoms with Crippen LogP contribution in [0.5, 0.6) is 0 Å². The Balaban J connectivity index is 2.67. The summed E-state index contributed by atoms with van der Waals surface area (Å²) in [6.45, 7) is 3.97. The minimum absolute atomic E-state index is 0.369. The monoisotopic (exact) mass is 309 g/mol. The van der Waals surface area contributed by atoms with Gasteiger partial charge in [0, 0.05) is 15.7 Å². The van der Waals surface area contributed by atoms with Gasteiger partial charge >= 0.3 is 0 Å². The van der Waals surface area contributed by atoms with Gasteiger partial charge in [-0.1, -0.05) is 28.1 Å². The van der Waals surface area contributed by atoms with Crippen LogP contribution < -0.4 is 5.73 Å². The van der Waals surface area contributed by atoms with Gasteiger partial charge in [0.25, 0.3) is 0 Å². The molecular formula is C12H12BrN3S. The van der Waals surface area contributed by atoms with E-state index < -0.39 is 0 Å². The van der Waals surface area contributed by atoms with E-state index in [-0.39, 0.29) is 0 Å². The standard InChI is InChI=1S/C12H12BrN3S/c1-7-5-8(2)16(15-7)11-4-3-9(13)6-10(11)12(14)17/h3-6H,1-2H3,(H2,14,17). The van der Waals surface area contributed by atoms with Gasteiger partial charge in [-0.25, -0.2) is 4.68 Å². The van der Waals surface area contributed by atoms with Gasteiger partial charge in [-0.3, -0.25) is 0 Å². The van der Waals surface area contributed by atoms with Gasteiger partial charge in [0.15, 0.2) is 0 Å². The van der Waals surface area contributed by atoms with E-state index in [2.05, 4.69) is 21.0 Å². The maximum Gasteiger partial charge on any atom is 0.106 e. The second-order valence-corrected chi connectivity index (χ2v) is 5.22. The molecule has 0 radical (unpaired) electrons. The quantitative estimate of drug-likeness (QED) is 0.868. The molecule has 1 aromatic heterocycles. The molecule has 0 saturated heterocycles. The van der Waals surface area contributed by atoms with E-state index >= 15 is 0 Å². The van der Waals surface area contributed by atoms with E-state index in [4.69, 9.17) is 18.0 Å². The topological polar surface area (TPSA) is 43.8 Å². The zero-order valence-electron chi connectivity index (χ0n) is 9.57. The number of thiocarbonyl (C=S) groups is 1. The predicted octanol–water partition coefficient (Wildman–Crippen LogP) is 2.89. The van der Waals surface area contributed by atoms with Gasteiger partial charge in [-0.05, 0) is 38.1 Å². The van der Waals surface area contributed by atoms with E-state index in [1.165, 1.54) is 0 Å². The Kier molecular flexibility index (Phi) is 3.31. The summed E-state index contributed by atoms with van der Waals surface area (Å²) in [6.07, 6.45) is 0. The second kappa shape index (κ2) is 4.58. The molecule has 1 heterocycles. The van der Waals surface area contributed by atoms with Crippen LogP contribution in [0.2, 0.25) is 0 Å². The zero-order chi connectivity index (χ0) is 12.6. The van der Waals surface area contributed by atoms with Crippen molar-refractivity contribution in [3.63, 3.8) is 0 Å². The highest BCUT2D eigenvalue weighted by Crippen LogP contribution is 2.21. The average Bonchev–Trinajstić information content (AvgIpc) is 2.57. The van der Waals surface area contributed by atoms with Crippen molar-refractivity contribution in [1.82, 2.24) is 9.78 Å². The van der Waals surface area contributed by atoms with Crippen LogP contribution in [0.3, 0.4) is 0 Å². The average molecular weight is 310 g/mol. The number of benzene rings is 1. The number of hydrogen-bond donors (Lipinski definition) is 1. The van der Waals surface area contributed by atoms with Crippen molar-refractivity contribution in [2.75, 3.05) is 0 Å². The fourth-order valence-electron chi connectivity index (χ4n) is 1.76. The molecular weight excluding hydrogens is 298 g/mol. The Hall–Kier alpha value is -1.20. The van der Waals surface area contributed by atoms with Gasteiger partial charge in [0.05, 0.1) is 11.4 Å². The van der Waals surface area contributed by atoms with Crippen LogP contribution in [0.1, 0.15) is 17.0 Å². The van der Waals surface area contributed by atoms with E-state index in [1.807, 2.05) is 42.8 Å². The predicted molar refractivity (Wildman–Crippen MR) is 76.6 cm³/mol. The first kappa shape index (κ1) is 12.3. The molecule has 2 aromatic rings. The number of nitrogens with zero attached hydrogens (tertiary/aromatic N) is 2. The lowest BCUT2D eigenvalue weighted by molar-refractivity contribution is 0.832. The Labute approximate surface area is 114 Å². The molecule has 3 nitrogen and oxygen atoms in total. The van der Waals surface area contributed by atoms with Gasteiger partial charge in [0.1, 0.15) is 4.99 Å². The first-order valence-corrected chi connectivity index (χ1v) is 6.32. The zero-order valence-corrected chi connectivity index (χ0v) is 12.0. The molecule has 5 heteroatoms. The molecule has 0 atom stereocenters. The summed E-state index contributed by atoms with van der Waals surface area (Å²) >= 11 is 8.49. The lowest BCUT2D eigenvalue weighted by Crippen LogP contribution is -2.14. The van der Waals surface area contributed by atoms with Gasteiger partial charge < -0.3 is 5.73 Å². The molecule has 0 amide bonds. The first-order valence-electron chi connectivity index (χ1n) is 5.12. The maximum atomic E-state index is 5.75. The molecule has 2 N–H and O–H groups in total. The number of hydrogen-bond acceptors (Lipinski definition) is 2. The molecule has 0 bridgehead atoms. The third-order valence-corrected chi connectivity index (χ3v) is 3.18. The van der Waals surface area contributed by atoms with Crippen molar-refractivity contribution >= 4 is 33.1 Å². The lowest BCUT2D eigenvalue weighted by atomic mass is 10.2. The van der Waals surface area contributed by atoms with Crippen molar-refractivity contribution in [2.45, 2.75) is 13.8 Å². The molecule has 17 heavy (non-hydrogen) atoms. The smallest absolute Gasteiger partial charge is 0.106 e. The van der Waals surface area contributed by atoms with Crippen LogP contribution >= 0.6 is 28.1 Å². The first-order chi connectivity index (χ1) is 7.99. The summed E-state index contributed by atoms with van der Waals surface area (Å²) in [7, 11) is 0. The van der Waals surface area contributed by atoms with Crippen LogP contribution in [-0.2, 0) is 0 Å². The Morgan fingerprint density at radius 1 is 1.35 bits per heavy atom. The Bertz CT molecular complexity index is 589. The molecule has 0 unspecified atom stereocenters. The van der Waals surface area contributed by atoms with Gasteiger partial charge in [-0.2, -0.15) is 5.10 Å². The van der Waals surface area contributed by atoms with Crippen molar-refractivity contribution in [3.8, 4) is 5.69 Å². The van der Waals surface area contributed by atoms with E-state index in [9.17, 15) is 0 Å². The SMILES string of the molecule is Cc1cc(C)n(-c2ccc(Br)cc2C(N)=S)n1. The molecule has 0 spiro atoms. The number of aryl methyl sites for hydroxylation is 2. The number of rotatable bonds is 2. The molecule has 2 rings (SSSR count). The summed E-state index contributed by atoms with van der Waals surface area (Å²) in [5.74, 6) is 0. The fraction of sp³-hybridized carbons (Fsp3) is 0.167. The highest BCUT2D eigenvalue weighted by atomic mass is 79.9. The molecule has 0 aliphatic heterocycles. The highest BCUT2D eigenvalue weighted by molar-refractivity contribution is 9.10. The minimum Gasteiger partial charge on any atom is -0.389 e. The minimum atomic E-state index is 0.369. The summed E-state index contributed by atoms with van der Waals surface area (Å²) < 4.78 is 2.81. The third-order valence-electron chi connectivity index (χ3n) is 2.46. The van der Waals surface area contributed by atoms with Crippen molar-refractivity contribution < 1.29 is 0 Å².